The summed E-state index contributed by atoms with van der Waals surface area (Å²) in [4.78, 5) is 23.4. The van der Waals surface area contributed by atoms with Crippen LogP contribution in [0.1, 0.15) is 47.6 Å². The van der Waals surface area contributed by atoms with Crippen LogP contribution in [0.2, 0.25) is 0 Å². The maximum absolute atomic E-state index is 12.7. The van der Waals surface area contributed by atoms with Crippen molar-refractivity contribution in [1.82, 2.24) is 14.9 Å². The smallest absolute Gasteiger partial charge is 0.272 e. The number of benzene rings is 1. The van der Waals surface area contributed by atoms with E-state index in [0.29, 0.717) is 23.9 Å². The molecule has 0 radical (unpaired) electrons. The van der Waals surface area contributed by atoms with Crippen molar-refractivity contribution in [2.75, 3.05) is 18.4 Å². The van der Waals surface area contributed by atoms with Gasteiger partial charge in [0.25, 0.3) is 5.91 Å². The van der Waals surface area contributed by atoms with Crippen LogP contribution >= 0.6 is 0 Å². The summed E-state index contributed by atoms with van der Waals surface area (Å²) in [6.45, 7) is 4.16. The second-order valence-corrected chi connectivity index (χ2v) is 6.23. The third kappa shape index (κ3) is 4.31. The molecule has 1 N–H and O–H groups in total. The van der Waals surface area contributed by atoms with Gasteiger partial charge in [-0.25, -0.2) is 9.97 Å². The number of nitrogens with one attached hydrogen (secondary N) is 1. The average molecular weight is 324 g/mol. The maximum atomic E-state index is 12.7. The average Bonchev–Trinajstić information content (AvgIpc) is 2.89. The Hall–Kier alpha value is -2.43. The van der Waals surface area contributed by atoms with Crippen LogP contribution in [-0.4, -0.2) is 33.9 Å². The number of hydrogen-bond donors (Lipinski definition) is 1. The molecule has 24 heavy (non-hydrogen) atoms. The zero-order valence-corrected chi connectivity index (χ0v) is 14.2. The summed E-state index contributed by atoms with van der Waals surface area (Å²) >= 11 is 0. The Balaban J connectivity index is 1.72. The Morgan fingerprint density at radius 1 is 1.08 bits per heavy atom. The summed E-state index contributed by atoms with van der Waals surface area (Å²) in [7, 11) is 0. The van der Waals surface area contributed by atoms with E-state index in [4.69, 9.17) is 0 Å². The Morgan fingerprint density at radius 2 is 1.79 bits per heavy atom. The lowest BCUT2D eigenvalue weighted by atomic mass is 10.2. The Bertz CT molecular complexity index is 679. The predicted molar refractivity (Wildman–Crippen MR) is 94.9 cm³/mol. The molecule has 0 bridgehead atoms. The summed E-state index contributed by atoms with van der Waals surface area (Å²) < 4.78 is 0. The molecule has 5 heteroatoms. The van der Waals surface area contributed by atoms with Crippen LogP contribution in [0, 0.1) is 6.92 Å². The van der Waals surface area contributed by atoms with E-state index in [-0.39, 0.29) is 5.91 Å². The first-order valence-corrected chi connectivity index (χ1v) is 8.65. The third-order valence-electron chi connectivity index (χ3n) is 4.27. The van der Waals surface area contributed by atoms with Crippen molar-refractivity contribution >= 4 is 11.7 Å². The van der Waals surface area contributed by atoms with Crippen molar-refractivity contribution in [3.63, 3.8) is 0 Å². The van der Waals surface area contributed by atoms with Crippen molar-refractivity contribution in [2.45, 2.75) is 39.2 Å². The summed E-state index contributed by atoms with van der Waals surface area (Å²) in [5.41, 5.74) is 1.66. The van der Waals surface area contributed by atoms with E-state index in [1.165, 1.54) is 18.4 Å². The molecular formula is C19H24N4O. The van der Waals surface area contributed by atoms with Crippen LogP contribution in [0.4, 0.5) is 5.82 Å². The summed E-state index contributed by atoms with van der Waals surface area (Å²) in [6.07, 6.45) is 4.57. The lowest BCUT2D eigenvalue weighted by molar-refractivity contribution is 0.0755. The minimum atomic E-state index is 0.0187. The molecule has 3 rings (SSSR count). The molecule has 1 amide bonds. The molecule has 2 heterocycles. The first-order valence-electron chi connectivity index (χ1n) is 8.65. The van der Waals surface area contributed by atoms with Crippen molar-refractivity contribution in [3.05, 3.63) is 53.5 Å². The molecule has 1 saturated heterocycles. The van der Waals surface area contributed by atoms with Crippen molar-refractivity contribution < 1.29 is 4.79 Å². The van der Waals surface area contributed by atoms with Gasteiger partial charge in [-0.15, -0.1) is 0 Å². The van der Waals surface area contributed by atoms with E-state index in [1.54, 1.807) is 6.07 Å². The minimum Gasteiger partial charge on any atom is -0.366 e. The molecular weight excluding hydrogens is 300 g/mol. The molecule has 1 aliphatic rings. The highest BCUT2D eigenvalue weighted by Crippen LogP contribution is 2.15. The number of amides is 1. The number of aryl methyl sites for hydroxylation is 1. The van der Waals surface area contributed by atoms with Gasteiger partial charge in [-0.1, -0.05) is 43.2 Å². The normalized spacial score (nSPS) is 15.0. The first kappa shape index (κ1) is 16.4. The van der Waals surface area contributed by atoms with E-state index in [9.17, 15) is 4.79 Å². The van der Waals surface area contributed by atoms with Gasteiger partial charge in [0, 0.05) is 25.7 Å². The van der Waals surface area contributed by atoms with Crippen LogP contribution in [-0.2, 0) is 6.54 Å². The van der Waals surface area contributed by atoms with Gasteiger partial charge in [-0.05, 0) is 25.3 Å². The predicted octanol–water partition coefficient (Wildman–Crippen LogP) is 3.41. The fourth-order valence-electron chi connectivity index (χ4n) is 2.99. The molecule has 0 saturated carbocycles. The van der Waals surface area contributed by atoms with Gasteiger partial charge >= 0.3 is 0 Å². The van der Waals surface area contributed by atoms with Crippen LogP contribution < -0.4 is 5.32 Å². The molecule has 126 valence electrons. The zero-order valence-electron chi connectivity index (χ0n) is 14.2. The van der Waals surface area contributed by atoms with Gasteiger partial charge in [0.2, 0.25) is 0 Å². The number of anilines is 1. The molecule has 0 atom stereocenters. The van der Waals surface area contributed by atoms with Crippen molar-refractivity contribution in [1.29, 1.82) is 0 Å². The topological polar surface area (TPSA) is 58.1 Å². The molecule has 0 unspecified atom stereocenters. The van der Waals surface area contributed by atoms with Crippen molar-refractivity contribution in [3.8, 4) is 0 Å². The summed E-state index contributed by atoms with van der Waals surface area (Å²) in [5, 5.41) is 3.29. The Kier molecular flexibility index (Phi) is 5.41. The van der Waals surface area contributed by atoms with E-state index in [2.05, 4.69) is 27.4 Å². The van der Waals surface area contributed by atoms with E-state index in [1.807, 2.05) is 30.0 Å². The van der Waals surface area contributed by atoms with Crippen LogP contribution in [0.15, 0.2) is 36.4 Å². The molecule has 1 aromatic carbocycles. The molecule has 5 nitrogen and oxygen atoms in total. The van der Waals surface area contributed by atoms with Gasteiger partial charge in [-0.2, -0.15) is 0 Å². The lowest BCUT2D eigenvalue weighted by Gasteiger charge is -2.20. The fraction of sp³-hybridized carbons (Fsp3) is 0.421. The maximum Gasteiger partial charge on any atom is 0.272 e. The van der Waals surface area contributed by atoms with Crippen LogP contribution in [0.25, 0.3) is 0 Å². The molecule has 1 aromatic heterocycles. The largest absolute Gasteiger partial charge is 0.366 e. The number of carbonyl (C=O) groups is 1. The standard InChI is InChI=1S/C19H24N4O/c1-15-21-17(19(24)23-11-7-2-3-8-12-23)13-18(22-15)20-14-16-9-5-4-6-10-16/h4-6,9-10,13H,2-3,7-8,11-12,14H2,1H3,(H,20,21,22). The van der Waals surface area contributed by atoms with Crippen LogP contribution in [0.3, 0.4) is 0 Å². The number of aromatic nitrogens is 2. The molecule has 0 aliphatic carbocycles. The van der Waals surface area contributed by atoms with Gasteiger partial charge in [0.15, 0.2) is 0 Å². The van der Waals surface area contributed by atoms with E-state index >= 15 is 0 Å². The number of hydrogen-bond acceptors (Lipinski definition) is 4. The molecule has 2 aromatic rings. The highest BCUT2D eigenvalue weighted by atomic mass is 16.2. The SMILES string of the molecule is Cc1nc(NCc2ccccc2)cc(C(=O)N2CCCCCC2)n1. The number of carbonyl (C=O) groups excluding carboxylic acids is 1. The second kappa shape index (κ2) is 7.90. The molecule has 1 fully saturated rings. The Labute approximate surface area is 143 Å². The van der Waals surface area contributed by atoms with Crippen LogP contribution in [0.5, 0.6) is 0 Å². The van der Waals surface area contributed by atoms with E-state index in [0.717, 1.165) is 25.9 Å². The zero-order chi connectivity index (χ0) is 16.8. The number of rotatable bonds is 4. The van der Waals surface area contributed by atoms with Gasteiger partial charge in [0.05, 0.1) is 0 Å². The number of likely N-dealkylation sites (tertiary alicyclic amines) is 1. The molecule has 0 spiro atoms. The van der Waals surface area contributed by atoms with Gasteiger partial charge in [0.1, 0.15) is 17.3 Å². The summed E-state index contributed by atoms with van der Waals surface area (Å²) in [6, 6.07) is 11.9. The monoisotopic (exact) mass is 324 g/mol. The highest BCUT2D eigenvalue weighted by Gasteiger charge is 2.19. The third-order valence-corrected chi connectivity index (χ3v) is 4.27. The second-order valence-electron chi connectivity index (χ2n) is 6.23. The fourth-order valence-corrected chi connectivity index (χ4v) is 2.99. The van der Waals surface area contributed by atoms with Crippen molar-refractivity contribution in [2.24, 2.45) is 0 Å². The lowest BCUT2D eigenvalue weighted by Crippen LogP contribution is -2.32. The first-order chi connectivity index (χ1) is 11.7. The minimum absolute atomic E-state index is 0.0187. The quantitative estimate of drug-likeness (QED) is 0.936. The Morgan fingerprint density at radius 3 is 2.50 bits per heavy atom. The van der Waals surface area contributed by atoms with E-state index < -0.39 is 0 Å². The van der Waals surface area contributed by atoms with Gasteiger partial charge < -0.3 is 10.2 Å². The highest BCUT2D eigenvalue weighted by molar-refractivity contribution is 5.93. The summed E-state index contributed by atoms with van der Waals surface area (Å²) in [5.74, 6) is 1.33. The molecule has 1 aliphatic heterocycles. The van der Waals surface area contributed by atoms with Gasteiger partial charge in [-0.3, -0.25) is 4.79 Å². The number of nitrogens with zero attached hydrogens (tertiary/aromatic N) is 3.